The molecule has 0 saturated carbocycles. The number of urea groups is 1. The number of carbonyl (C=O) groups is 1. The molecule has 3 rings (SSSR count). The number of carbonyl (C=O) groups excluding carboxylic acids is 1. The third-order valence-electron chi connectivity index (χ3n) is 4.76. The maximum atomic E-state index is 12.4. The maximum absolute atomic E-state index is 12.4. The van der Waals surface area contributed by atoms with E-state index < -0.39 is 0 Å². The molecule has 132 valence electrons. The van der Waals surface area contributed by atoms with Gasteiger partial charge in [-0.3, -0.25) is 4.98 Å². The van der Waals surface area contributed by atoms with Gasteiger partial charge in [0.1, 0.15) is 0 Å². The van der Waals surface area contributed by atoms with Gasteiger partial charge in [-0.15, -0.1) is 0 Å². The number of likely N-dealkylation sites (tertiary alicyclic amines) is 1. The summed E-state index contributed by atoms with van der Waals surface area (Å²) in [6, 6.07) is 7.64. The van der Waals surface area contributed by atoms with Gasteiger partial charge in [0.25, 0.3) is 0 Å². The van der Waals surface area contributed by atoms with Gasteiger partial charge < -0.3 is 10.2 Å². The molecule has 1 aromatic heterocycles. The quantitative estimate of drug-likeness (QED) is 0.835. The van der Waals surface area contributed by atoms with Crippen molar-refractivity contribution in [1.82, 2.24) is 15.2 Å². The van der Waals surface area contributed by atoms with E-state index in [0.29, 0.717) is 22.5 Å². The Morgan fingerprint density at radius 1 is 1.24 bits per heavy atom. The van der Waals surface area contributed by atoms with Crippen LogP contribution in [0.2, 0.25) is 10.0 Å². The molecule has 0 aliphatic carbocycles. The second-order valence-electron chi connectivity index (χ2n) is 6.38. The lowest BCUT2D eigenvalue weighted by Gasteiger charge is -2.32. The molecule has 0 bridgehead atoms. The fourth-order valence-corrected chi connectivity index (χ4v) is 3.95. The van der Waals surface area contributed by atoms with Crippen LogP contribution in [-0.2, 0) is 6.54 Å². The summed E-state index contributed by atoms with van der Waals surface area (Å²) in [7, 11) is 0. The molecule has 1 aromatic carbocycles. The second-order valence-corrected chi connectivity index (χ2v) is 7.23. The van der Waals surface area contributed by atoms with Crippen LogP contribution in [0.5, 0.6) is 0 Å². The summed E-state index contributed by atoms with van der Waals surface area (Å²) < 4.78 is 0. The lowest BCUT2D eigenvalue weighted by molar-refractivity contribution is 0.181. The van der Waals surface area contributed by atoms with Crippen molar-refractivity contribution < 1.29 is 4.79 Å². The van der Waals surface area contributed by atoms with Crippen molar-refractivity contribution in [2.75, 3.05) is 13.1 Å². The minimum atomic E-state index is -0.0430. The fraction of sp³-hybridized carbons (Fsp3) is 0.368. The van der Waals surface area contributed by atoms with E-state index in [1.54, 1.807) is 6.07 Å². The first-order valence-electron chi connectivity index (χ1n) is 8.42. The third kappa shape index (κ3) is 4.44. The number of halogens is 2. The smallest absolute Gasteiger partial charge is 0.317 e. The van der Waals surface area contributed by atoms with Crippen LogP contribution in [0.25, 0.3) is 0 Å². The zero-order valence-electron chi connectivity index (χ0n) is 14.1. The summed E-state index contributed by atoms with van der Waals surface area (Å²) in [6.07, 6.45) is 5.59. The Hall–Kier alpha value is -1.78. The number of aryl methyl sites for hydroxylation is 1. The minimum Gasteiger partial charge on any atom is -0.334 e. The van der Waals surface area contributed by atoms with Gasteiger partial charge in [-0.05, 0) is 66.6 Å². The summed E-state index contributed by atoms with van der Waals surface area (Å²) in [5.41, 5.74) is 3.19. The van der Waals surface area contributed by atoms with Crippen LogP contribution < -0.4 is 5.32 Å². The van der Waals surface area contributed by atoms with E-state index in [1.807, 2.05) is 30.3 Å². The lowest BCUT2D eigenvalue weighted by atomic mass is 9.90. The Kier molecular flexibility index (Phi) is 5.82. The number of hydrogen-bond acceptors (Lipinski definition) is 2. The summed E-state index contributed by atoms with van der Waals surface area (Å²) in [5, 5.41) is 4.17. The summed E-state index contributed by atoms with van der Waals surface area (Å²) in [4.78, 5) is 18.4. The van der Waals surface area contributed by atoms with E-state index in [4.69, 9.17) is 23.2 Å². The molecule has 1 N–H and O–H groups in total. The minimum absolute atomic E-state index is 0.0430. The first-order valence-corrected chi connectivity index (χ1v) is 9.17. The van der Waals surface area contributed by atoms with E-state index in [2.05, 4.69) is 22.4 Å². The Morgan fingerprint density at radius 2 is 1.92 bits per heavy atom. The Bertz CT molecular complexity index is 721. The number of piperidine rings is 1. The van der Waals surface area contributed by atoms with Crippen LogP contribution >= 0.6 is 23.2 Å². The fourth-order valence-electron chi connectivity index (χ4n) is 3.28. The van der Waals surface area contributed by atoms with Gasteiger partial charge in [0.05, 0.1) is 0 Å². The number of aromatic nitrogens is 1. The monoisotopic (exact) mass is 377 g/mol. The molecule has 0 spiro atoms. The Labute approximate surface area is 158 Å². The van der Waals surface area contributed by atoms with Gasteiger partial charge in [0.15, 0.2) is 0 Å². The number of hydrogen-bond donors (Lipinski definition) is 1. The highest BCUT2D eigenvalue weighted by Gasteiger charge is 2.23. The largest absolute Gasteiger partial charge is 0.334 e. The topological polar surface area (TPSA) is 45.2 Å². The van der Waals surface area contributed by atoms with Crippen LogP contribution in [0, 0.1) is 6.92 Å². The number of nitrogens with one attached hydrogen (secondary N) is 1. The van der Waals surface area contributed by atoms with Gasteiger partial charge in [-0.2, -0.15) is 0 Å². The maximum Gasteiger partial charge on any atom is 0.317 e. The third-order valence-corrected chi connectivity index (χ3v) is 5.31. The number of pyridine rings is 1. The summed E-state index contributed by atoms with van der Waals surface area (Å²) >= 11 is 12.2. The standard InChI is InChI=1S/C19H21Cl2N3O/c1-13-10-16(20)11-18(21)17(13)12-23-19(25)24-8-4-15(5-9-24)14-2-6-22-7-3-14/h2-3,6-7,10-11,15H,4-5,8-9,12H2,1H3,(H,23,25). The van der Waals surface area contributed by atoms with E-state index in [-0.39, 0.29) is 6.03 Å². The zero-order chi connectivity index (χ0) is 17.8. The van der Waals surface area contributed by atoms with E-state index >= 15 is 0 Å². The molecule has 2 heterocycles. The average Bonchev–Trinajstić information content (AvgIpc) is 2.61. The SMILES string of the molecule is Cc1cc(Cl)cc(Cl)c1CNC(=O)N1CCC(c2ccncc2)CC1. The predicted molar refractivity (Wildman–Crippen MR) is 101 cm³/mol. The molecule has 1 aliphatic rings. The first kappa shape index (κ1) is 18.0. The number of benzene rings is 1. The van der Waals surface area contributed by atoms with Crippen molar-refractivity contribution in [3.8, 4) is 0 Å². The highest BCUT2D eigenvalue weighted by molar-refractivity contribution is 6.35. The normalized spacial score (nSPS) is 15.2. The molecule has 0 unspecified atom stereocenters. The molecule has 2 aromatic rings. The molecule has 25 heavy (non-hydrogen) atoms. The van der Waals surface area contributed by atoms with Crippen molar-refractivity contribution in [3.63, 3.8) is 0 Å². The van der Waals surface area contributed by atoms with Crippen molar-refractivity contribution in [2.24, 2.45) is 0 Å². The number of amides is 2. The average molecular weight is 378 g/mol. The van der Waals surface area contributed by atoms with Crippen molar-refractivity contribution in [3.05, 3.63) is 63.4 Å². The van der Waals surface area contributed by atoms with E-state index in [1.165, 1.54) is 5.56 Å². The summed E-state index contributed by atoms with van der Waals surface area (Å²) in [5.74, 6) is 0.500. The second kappa shape index (κ2) is 8.07. The van der Waals surface area contributed by atoms with Crippen LogP contribution in [0.3, 0.4) is 0 Å². The molecule has 2 amide bonds. The lowest BCUT2D eigenvalue weighted by Crippen LogP contribution is -2.43. The number of rotatable bonds is 3. The van der Waals surface area contributed by atoms with Crippen molar-refractivity contribution in [2.45, 2.75) is 32.2 Å². The van der Waals surface area contributed by atoms with Crippen LogP contribution in [-0.4, -0.2) is 29.0 Å². The molecule has 1 aliphatic heterocycles. The Balaban J connectivity index is 1.53. The van der Waals surface area contributed by atoms with Crippen molar-refractivity contribution in [1.29, 1.82) is 0 Å². The molecule has 6 heteroatoms. The van der Waals surface area contributed by atoms with Gasteiger partial charge in [-0.25, -0.2) is 4.79 Å². The molecule has 0 atom stereocenters. The zero-order valence-corrected chi connectivity index (χ0v) is 15.6. The highest BCUT2D eigenvalue weighted by Crippen LogP contribution is 2.28. The summed E-state index contributed by atoms with van der Waals surface area (Å²) in [6.45, 7) is 3.86. The number of nitrogens with zero attached hydrogens (tertiary/aromatic N) is 2. The molecular weight excluding hydrogens is 357 g/mol. The molecule has 1 saturated heterocycles. The van der Waals surface area contributed by atoms with Gasteiger partial charge >= 0.3 is 6.03 Å². The van der Waals surface area contributed by atoms with Crippen LogP contribution in [0.15, 0.2) is 36.7 Å². The Morgan fingerprint density at radius 3 is 2.56 bits per heavy atom. The molecule has 1 fully saturated rings. The first-order chi connectivity index (χ1) is 12.0. The van der Waals surface area contributed by atoms with Crippen LogP contribution in [0.4, 0.5) is 4.79 Å². The van der Waals surface area contributed by atoms with Gasteiger partial charge in [0, 0.05) is 42.1 Å². The molecule has 4 nitrogen and oxygen atoms in total. The molecule has 0 radical (unpaired) electrons. The van der Waals surface area contributed by atoms with Crippen LogP contribution in [0.1, 0.15) is 35.4 Å². The van der Waals surface area contributed by atoms with E-state index in [9.17, 15) is 4.79 Å². The predicted octanol–water partition coefficient (Wildman–Crippen LogP) is 4.79. The van der Waals surface area contributed by atoms with E-state index in [0.717, 1.165) is 37.1 Å². The van der Waals surface area contributed by atoms with Crippen molar-refractivity contribution >= 4 is 29.2 Å². The van der Waals surface area contributed by atoms with Gasteiger partial charge in [-0.1, -0.05) is 23.2 Å². The highest BCUT2D eigenvalue weighted by atomic mass is 35.5. The molecular formula is C19H21Cl2N3O. The van der Waals surface area contributed by atoms with Gasteiger partial charge in [0.2, 0.25) is 0 Å².